The van der Waals surface area contributed by atoms with E-state index in [0.717, 1.165) is 37.9 Å². The van der Waals surface area contributed by atoms with Crippen LogP contribution >= 0.6 is 22.7 Å². The van der Waals surface area contributed by atoms with Gasteiger partial charge in [-0.05, 0) is 64.2 Å². The van der Waals surface area contributed by atoms with Crippen molar-refractivity contribution in [1.82, 2.24) is 0 Å². The van der Waals surface area contributed by atoms with Crippen molar-refractivity contribution in [2.45, 2.75) is 0 Å². The molecule has 3 N–H and O–H groups in total. The van der Waals surface area contributed by atoms with E-state index < -0.39 is 0 Å². The molecular formula is C37H24N2OS2. The molecule has 5 heteroatoms. The highest BCUT2D eigenvalue weighted by molar-refractivity contribution is 7.26. The molecule has 3 nitrogen and oxygen atoms in total. The van der Waals surface area contributed by atoms with Crippen LogP contribution in [0.2, 0.25) is 0 Å². The minimum absolute atomic E-state index is 0.0346. The number of benzene rings is 5. The maximum absolute atomic E-state index is 8.15. The van der Waals surface area contributed by atoms with E-state index in [9.17, 15) is 0 Å². The summed E-state index contributed by atoms with van der Waals surface area (Å²) >= 11 is 3.58. The van der Waals surface area contributed by atoms with Crippen molar-refractivity contribution in [2.24, 2.45) is 5.73 Å². The van der Waals surface area contributed by atoms with E-state index in [-0.39, 0.29) is 5.84 Å². The van der Waals surface area contributed by atoms with Crippen LogP contribution in [0.15, 0.2) is 109 Å². The van der Waals surface area contributed by atoms with Crippen LogP contribution in [0.3, 0.4) is 0 Å². The van der Waals surface area contributed by atoms with E-state index in [1.807, 2.05) is 47.8 Å². The smallest absolute Gasteiger partial charge is 0.136 e. The van der Waals surface area contributed by atoms with Crippen LogP contribution in [0, 0.1) is 5.41 Å². The van der Waals surface area contributed by atoms with Gasteiger partial charge < -0.3 is 10.2 Å². The van der Waals surface area contributed by atoms with Crippen molar-refractivity contribution < 1.29 is 4.42 Å². The molecule has 8 rings (SSSR count). The Balaban J connectivity index is 1.40. The molecule has 0 aliphatic heterocycles. The lowest BCUT2D eigenvalue weighted by atomic mass is 9.93. The predicted octanol–water partition coefficient (Wildman–Crippen LogP) is 11.1. The summed E-state index contributed by atoms with van der Waals surface area (Å²) in [4.78, 5) is 1.15. The first-order valence-corrected chi connectivity index (χ1v) is 15.2. The maximum Gasteiger partial charge on any atom is 0.136 e. The molecule has 3 aromatic heterocycles. The van der Waals surface area contributed by atoms with Crippen molar-refractivity contribution in [3.63, 3.8) is 0 Å². The van der Waals surface area contributed by atoms with E-state index >= 15 is 0 Å². The second kappa shape index (κ2) is 9.28. The fraction of sp³-hybridized carbons (Fsp3) is 0. The van der Waals surface area contributed by atoms with Gasteiger partial charge >= 0.3 is 0 Å². The van der Waals surface area contributed by atoms with Gasteiger partial charge in [0.25, 0.3) is 0 Å². The minimum Gasteiger partial charge on any atom is -0.456 e. The maximum atomic E-state index is 8.15. The van der Waals surface area contributed by atoms with Gasteiger partial charge in [0, 0.05) is 51.5 Å². The second-order valence-electron chi connectivity index (χ2n) is 10.4. The summed E-state index contributed by atoms with van der Waals surface area (Å²) in [5.74, 6) is 0.0346. The van der Waals surface area contributed by atoms with Crippen molar-refractivity contribution in [3.8, 4) is 22.3 Å². The number of hydrogen-bond acceptors (Lipinski definition) is 4. The quantitative estimate of drug-likeness (QED) is 0.158. The average molecular weight is 577 g/mol. The second-order valence-corrected chi connectivity index (χ2v) is 12.5. The van der Waals surface area contributed by atoms with Crippen LogP contribution in [-0.2, 0) is 0 Å². The molecule has 0 amide bonds. The first-order valence-electron chi connectivity index (χ1n) is 13.6. The number of nitrogens with one attached hydrogen (secondary N) is 1. The van der Waals surface area contributed by atoms with Gasteiger partial charge in [0.05, 0.1) is 0 Å². The average Bonchev–Trinajstić information content (AvgIpc) is 3.70. The van der Waals surface area contributed by atoms with Crippen LogP contribution in [0.4, 0.5) is 0 Å². The first-order chi connectivity index (χ1) is 20.6. The van der Waals surface area contributed by atoms with Gasteiger partial charge in [-0.1, -0.05) is 79.9 Å². The Morgan fingerprint density at radius 2 is 1.36 bits per heavy atom. The Morgan fingerprint density at radius 1 is 0.667 bits per heavy atom. The molecule has 0 radical (unpaired) electrons. The minimum atomic E-state index is 0.0346. The molecule has 0 unspecified atom stereocenters. The highest BCUT2D eigenvalue weighted by Crippen LogP contribution is 2.46. The standard InChI is InChI=1S/C37H24N2OS2/c1-3-22-25-16-14-21(19-33(25)41-30(22)4-2)24-9-7-13-32-36(24)35-23(8-6-12-31(35)42-32)20-15-17-28-27(18-20)34-26(37(38)39)10-5-11-29(34)40-28/h3-19H,1-2H2,(H3,38,39). The third kappa shape index (κ3) is 3.54. The Kier molecular flexibility index (Phi) is 5.48. The molecule has 3 heterocycles. The molecule has 8 aromatic rings. The lowest BCUT2D eigenvalue weighted by molar-refractivity contribution is 0.669. The number of rotatable bonds is 5. The molecule has 0 aliphatic rings. The number of nitrogens with two attached hydrogens (primary N) is 1. The van der Waals surface area contributed by atoms with Crippen molar-refractivity contribution in [3.05, 3.63) is 120 Å². The zero-order chi connectivity index (χ0) is 28.5. The summed E-state index contributed by atoms with van der Waals surface area (Å²) in [5.41, 5.74) is 14.0. The van der Waals surface area contributed by atoms with Gasteiger partial charge in [0.1, 0.15) is 17.0 Å². The SMILES string of the molecule is C=Cc1sc2cc(-c3cccc4sc5cccc(-c6ccc7oc8cccc(C(=N)N)c8c7c6)c5c34)ccc2c1C=C. The highest BCUT2D eigenvalue weighted by atomic mass is 32.1. The molecule has 0 atom stereocenters. The Labute approximate surface area is 249 Å². The summed E-state index contributed by atoms with van der Waals surface area (Å²) in [7, 11) is 0. The van der Waals surface area contributed by atoms with Crippen LogP contribution in [0.5, 0.6) is 0 Å². The Morgan fingerprint density at radius 3 is 2.05 bits per heavy atom. The lowest BCUT2D eigenvalue weighted by Gasteiger charge is -2.09. The van der Waals surface area contributed by atoms with Gasteiger partial charge in [0.2, 0.25) is 0 Å². The highest BCUT2D eigenvalue weighted by Gasteiger charge is 2.18. The fourth-order valence-electron chi connectivity index (χ4n) is 6.23. The van der Waals surface area contributed by atoms with Crippen LogP contribution in [0.1, 0.15) is 16.0 Å². The van der Waals surface area contributed by atoms with Gasteiger partial charge in [0.15, 0.2) is 0 Å². The molecule has 0 fully saturated rings. The zero-order valence-corrected chi connectivity index (χ0v) is 24.2. The van der Waals surface area contributed by atoms with E-state index in [1.165, 1.54) is 46.9 Å². The summed E-state index contributed by atoms with van der Waals surface area (Å²) in [6.07, 6.45) is 3.84. The molecule has 200 valence electrons. The lowest BCUT2D eigenvalue weighted by Crippen LogP contribution is -2.11. The third-order valence-corrected chi connectivity index (χ3v) is 10.4. The number of amidine groups is 1. The van der Waals surface area contributed by atoms with Crippen molar-refractivity contribution in [1.29, 1.82) is 5.41 Å². The molecule has 0 aliphatic carbocycles. The molecule has 0 bridgehead atoms. The third-order valence-electron chi connectivity index (χ3n) is 8.08. The van der Waals surface area contributed by atoms with Crippen LogP contribution in [0.25, 0.3) is 86.6 Å². The monoisotopic (exact) mass is 576 g/mol. The van der Waals surface area contributed by atoms with Gasteiger partial charge in [-0.15, -0.1) is 22.7 Å². The van der Waals surface area contributed by atoms with E-state index in [0.29, 0.717) is 5.56 Å². The first kappa shape index (κ1) is 24.8. The van der Waals surface area contributed by atoms with Gasteiger partial charge in [-0.2, -0.15) is 0 Å². The summed E-state index contributed by atoms with van der Waals surface area (Å²) in [6.45, 7) is 8.04. The largest absolute Gasteiger partial charge is 0.456 e. The number of furan rings is 1. The number of fused-ring (bicyclic) bond motifs is 7. The number of hydrogen-bond donors (Lipinski definition) is 2. The number of nitrogen functional groups attached to an aromatic ring is 1. The molecule has 0 saturated heterocycles. The molecular weight excluding hydrogens is 553 g/mol. The van der Waals surface area contributed by atoms with E-state index in [1.54, 1.807) is 11.3 Å². The summed E-state index contributed by atoms with van der Waals surface area (Å²) in [6, 6.07) is 31.9. The topological polar surface area (TPSA) is 63.0 Å². The normalized spacial score (nSPS) is 11.7. The Hall–Kier alpha value is -4.97. The predicted molar refractivity (Wildman–Crippen MR) is 184 cm³/mol. The zero-order valence-electron chi connectivity index (χ0n) is 22.5. The number of thiophene rings is 2. The summed E-state index contributed by atoms with van der Waals surface area (Å²) in [5, 5.41) is 13.7. The van der Waals surface area contributed by atoms with Gasteiger partial charge in [-0.3, -0.25) is 5.41 Å². The van der Waals surface area contributed by atoms with E-state index in [2.05, 4.69) is 79.9 Å². The molecule has 0 spiro atoms. The van der Waals surface area contributed by atoms with Crippen LogP contribution < -0.4 is 5.73 Å². The van der Waals surface area contributed by atoms with Gasteiger partial charge in [-0.25, -0.2) is 0 Å². The van der Waals surface area contributed by atoms with Crippen LogP contribution in [-0.4, -0.2) is 5.84 Å². The fourth-order valence-corrected chi connectivity index (χ4v) is 8.49. The van der Waals surface area contributed by atoms with Crippen molar-refractivity contribution in [2.75, 3.05) is 0 Å². The van der Waals surface area contributed by atoms with E-state index in [4.69, 9.17) is 15.6 Å². The molecule has 42 heavy (non-hydrogen) atoms. The summed E-state index contributed by atoms with van der Waals surface area (Å²) < 4.78 is 9.89. The molecule has 5 aromatic carbocycles. The molecule has 0 saturated carbocycles. The Bertz CT molecular complexity index is 2440. The van der Waals surface area contributed by atoms with Crippen molar-refractivity contribution >= 4 is 92.9 Å².